The van der Waals surface area contributed by atoms with Gasteiger partial charge in [-0.2, -0.15) is 9.97 Å². The minimum atomic E-state index is -0.447. The number of nitrogens with zero attached hydrogens (tertiary/aromatic N) is 10. The number of rotatable bonds is 12. The van der Waals surface area contributed by atoms with Crippen molar-refractivity contribution < 1.29 is 9.31 Å². The Morgan fingerprint density at radius 2 is 0.528 bits per heavy atom. The van der Waals surface area contributed by atoms with Crippen molar-refractivity contribution in [2.24, 2.45) is 0 Å². The predicted molar refractivity (Wildman–Crippen MR) is 444 cm³/mol. The van der Waals surface area contributed by atoms with Gasteiger partial charge in [0.25, 0.3) is 0 Å². The van der Waals surface area contributed by atoms with Gasteiger partial charge in [-0.25, -0.2) is 39.9 Å². The molecular formula is C92H66BClN10O2S2. The highest BCUT2D eigenvalue weighted by atomic mass is 35.5. The predicted octanol–water partition coefficient (Wildman–Crippen LogP) is 23.0. The van der Waals surface area contributed by atoms with E-state index in [2.05, 4.69) is 200 Å². The summed E-state index contributed by atoms with van der Waals surface area (Å²) in [5.41, 5.74) is 17.3. The van der Waals surface area contributed by atoms with E-state index < -0.39 is 18.3 Å². The van der Waals surface area contributed by atoms with E-state index in [1.54, 1.807) is 22.7 Å². The van der Waals surface area contributed by atoms with Crippen LogP contribution in [0.15, 0.2) is 328 Å². The average Bonchev–Trinajstić information content (AvgIpc) is 1.58. The SMILES string of the molecule is CC1(C)OB(c2cccc3c2sc2c(-c4ccc(-c5ccccc5)cc4)nc(-c4ccccc4)nc23)OC1(C)C.Clc1nc(-c2ccccc2)nc(-c2ccccc2)n1.c1ccc(-c2ccc(-c3nc(-c4ccccc4)nc4c3sc3c(-c5nc(-c6ccccc6)nc(-c6ccccc6)n5)cccc34)cc2)cc1. The van der Waals surface area contributed by atoms with E-state index >= 15 is 0 Å². The van der Waals surface area contributed by atoms with Gasteiger partial charge in [-0.15, -0.1) is 22.7 Å². The lowest BCUT2D eigenvalue weighted by atomic mass is 9.78. The summed E-state index contributed by atoms with van der Waals surface area (Å²) < 4.78 is 17.2. The number of fused-ring (bicyclic) bond motifs is 6. The van der Waals surface area contributed by atoms with E-state index in [-0.39, 0.29) is 5.28 Å². The second kappa shape index (κ2) is 29.8. The van der Waals surface area contributed by atoms with Gasteiger partial charge in [0, 0.05) is 75.7 Å². The van der Waals surface area contributed by atoms with Gasteiger partial charge in [-0.1, -0.05) is 322 Å². The van der Waals surface area contributed by atoms with Gasteiger partial charge < -0.3 is 9.31 Å². The Hall–Kier alpha value is -12.5. The molecule has 0 radical (unpaired) electrons. The third-order valence-electron chi connectivity index (χ3n) is 19.4. The highest BCUT2D eigenvalue weighted by molar-refractivity contribution is 7.27. The van der Waals surface area contributed by atoms with E-state index in [0.717, 1.165) is 119 Å². The Morgan fingerprint density at radius 1 is 0.250 bits per heavy atom. The van der Waals surface area contributed by atoms with Crippen LogP contribution in [0.3, 0.4) is 0 Å². The number of hydrogen-bond donors (Lipinski definition) is 0. The average molecular weight is 1450 g/mol. The van der Waals surface area contributed by atoms with Crippen molar-refractivity contribution in [3.8, 4) is 124 Å². The molecule has 0 saturated carbocycles. The quantitative estimate of drug-likeness (QED) is 0.107. The molecule has 518 valence electrons. The maximum atomic E-state index is 6.47. The Labute approximate surface area is 638 Å². The molecule has 108 heavy (non-hydrogen) atoms. The molecule has 1 aliphatic rings. The molecule has 0 atom stereocenters. The Morgan fingerprint density at radius 3 is 0.889 bits per heavy atom. The van der Waals surface area contributed by atoms with Crippen LogP contribution in [0.4, 0.5) is 0 Å². The first-order valence-corrected chi connectivity index (χ1v) is 37.6. The van der Waals surface area contributed by atoms with E-state index in [0.29, 0.717) is 34.9 Å². The summed E-state index contributed by atoms with van der Waals surface area (Å²) in [5.74, 6) is 4.46. The summed E-state index contributed by atoms with van der Waals surface area (Å²) in [6, 6.07) is 111. The van der Waals surface area contributed by atoms with Gasteiger partial charge >= 0.3 is 7.12 Å². The van der Waals surface area contributed by atoms with Crippen LogP contribution in [0.2, 0.25) is 5.28 Å². The van der Waals surface area contributed by atoms with Crippen LogP contribution in [-0.4, -0.2) is 68.2 Å². The van der Waals surface area contributed by atoms with Crippen LogP contribution in [0, 0.1) is 0 Å². The number of benzene rings is 12. The molecule has 16 heteroatoms. The number of halogens is 1. The minimum Gasteiger partial charge on any atom is -0.399 e. The van der Waals surface area contributed by atoms with Gasteiger partial charge in [-0.05, 0) is 67.6 Å². The fourth-order valence-corrected chi connectivity index (χ4v) is 15.8. The molecule has 0 spiro atoms. The fourth-order valence-electron chi connectivity index (χ4n) is 13.1. The molecule has 19 rings (SSSR count). The molecule has 7 heterocycles. The molecule has 12 nitrogen and oxygen atoms in total. The van der Waals surface area contributed by atoms with Gasteiger partial charge in [0.05, 0.1) is 43.0 Å². The lowest BCUT2D eigenvalue weighted by Crippen LogP contribution is -2.41. The van der Waals surface area contributed by atoms with Crippen LogP contribution < -0.4 is 5.46 Å². The van der Waals surface area contributed by atoms with Crippen molar-refractivity contribution in [3.63, 3.8) is 0 Å². The molecule has 1 saturated heterocycles. The summed E-state index contributed by atoms with van der Waals surface area (Å²) >= 11 is 9.39. The first-order valence-electron chi connectivity index (χ1n) is 35.6. The Balaban J connectivity index is 0.000000129. The molecule has 0 unspecified atom stereocenters. The van der Waals surface area contributed by atoms with Gasteiger partial charge in [0.15, 0.2) is 40.8 Å². The lowest BCUT2D eigenvalue weighted by molar-refractivity contribution is 0.00578. The van der Waals surface area contributed by atoms with E-state index in [1.165, 1.54) is 16.7 Å². The van der Waals surface area contributed by atoms with Crippen LogP contribution in [0.25, 0.3) is 165 Å². The second-order valence-electron chi connectivity index (χ2n) is 27.0. The zero-order chi connectivity index (χ0) is 73.1. The molecule has 1 aliphatic heterocycles. The van der Waals surface area contributed by atoms with Crippen molar-refractivity contribution in [2.45, 2.75) is 38.9 Å². The van der Waals surface area contributed by atoms with Crippen molar-refractivity contribution in [1.82, 2.24) is 49.8 Å². The monoisotopic (exact) mass is 1450 g/mol. The number of hydrogen-bond acceptors (Lipinski definition) is 14. The Bertz CT molecular complexity index is 6100. The van der Waals surface area contributed by atoms with Crippen molar-refractivity contribution in [3.05, 3.63) is 333 Å². The largest absolute Gasteiger partial charge is 0.496 e. The maximum absolute atomic E-state index is 6.47. The van der Waals surface area contributed by atoms with Crippen LogP contribution in [-0.2, 0) is 9.31 Å². The minimum absolute atomic E-state index is 0.202. The standard InChI is InChI=1S/C43H27N5S.C34H29BN2O2S.C15H10ClN3/c1-5-14-28(15-6-1)29-24-26-30(27-25-29)36-39-37(45-40(44-36)31-16-7-2-8-17-31)34-22-13-23-35(38(34)49-39)43-47-41(32-18-9-3-10-19-32)46-42(48-43)33-20-11-4-12-21-33;1-33(2)34(3,4)39-35(38-33)27-17-11-16-26-29-31(40-30(26)27)28(36-32(37-29)25-14-9-6-10-15-25)24-20-18-23(19-21-24)22-12-7-5-8-13-22;16-15-18-13(11-7-3-1-4-8-11)17-14(19-15)12-9-5-2-6-10-12/h1-27H;5-21H,1-4H3;1-10H. The summed E-state index contributed by atoms with van der Waals surface area (Å²) in [7, 11) is -0.447. The summed E-state index contributed by atoms with van der Waals surface area (Å²) in [6.45, 7) is 8.36. The normalized spacial score (nSPS) is 12.9. The lowest BCUT2D eigenvalue weighted by Gasteiger charge is -2.32. The second-order valence-corrected chi connectivity index (χ2v) is 29.4. The van der Waals surface area contributed by atoms with Crippen LogP contribution in [0.1, 0.15) is 27.7 Å². The summed E-state index contributed by atoms with van der Waals surface area (Å²) in [6.07, 6.45) is 0. The molecule has 1 fully saturated rings. The third-order valence-corrected chi connectivity index (χ3v) is 22.1. The topological polar surface area (TPSA) is 147 Å². The summed E-state index contributed by atoms with van der Waals surface area (Å²) in [5, 5.41) is 2.34. The van der Waals surface area contributed by atoms with Gasteiger partial charge in [-0.3, -0.25) is 0 Å². The Kier molecular flexibility index (Phi) is 19.0. The molecule has 0 aliphatic carbocycles. The van der Waals surface area contributed by atoms with Gasteiger partial charge in [0.2, 0.25) is 5.28 Å². The molecule has 0 N–H and O–H groups in total. The highest BCUT2D eigenvalue weighted by Crippen LogP contribution is 2.46. The van der Waals surface area contributed by atoms with E-state index in [4.69, 9.17) is 55.8 Å². The maximum Gasteiger partial charge on any atom is 0.496 e. The molecule has 18 aromatic rings. The summed E-state index contributed by atoms with van der Waals surface area (Å²) in [4.78, 5) is 48.5. The molecule has 12 aromatic carbocycles. The van der Waals surface area contributed by atoms with Crippen LogP contribution >= 0.6 is 34.3 Å². The smallest absolute Gasteiger partial charge is 0.399 e. The first-order chi connectivity index (χ1) is 52.9. The third kappa shape index (κ3) is 14.1. The first kappa shape index (κ1) is 68.6. The number of aromatic nitrogens is 10. The zero-order valence-electron chi connectivity index (χ0n) is 59.2. The van der Waals surface area contributed by atoms with E-state index in [1.807, 2.05) is 170 Å². The number of thiophene rings is 2. The molecular weight excluding hydrogens is 1390 g/mol. The fraction of sp³-hybridized carbons (Fsp3) is 0.0652. The van der Waals surface area contributed by atoms with E-state index in [9.17, 15) is 0 Å². The van der Waals surface area contributed by atoms with Crippen molar-refractivity contribution in [2.75, 3.05) is 0 Å². The zero-order valence-corrected chi connectivity index (χ0v) is 61.6. The van der Waals surface area contributed by atoms with Crippen LogP contribution in [0.5, 0.6) is 0 Å². The molecule has 0 amide bonds. The van der Waals surface area contributed by atoms with Crippen molar-refractivity contribution >= 4 is 87.5 Å². The molecule has 0 bridgehead atoms. The van der Waals surface area contributed by atoms with Crippen molar-refractivity contribution in [1.29, 1.82) is 0 Å². The molecule has 6 aromatic heterocycles. The highest BCUT2D eigenvalue weighted by Gasteiger charge is 2.52. The van der Waals surface area contributed by atoms with Gasteiger partial charge in [0.1, 0.15) is 0 Å².